The molecule has 6 heteroatoms. The molecule has 0 aliphatic heterocycles. The third-order valence-corrected chi connectivity index (χ3v) is 3.47. The first-order chi connectivity index (χ1) is 9.66. The SMILES string of the molecule is Cc1nccn1CCn1ccc2cccc([N+](=O)[O-])c21. The number of aromatic nitrogens is 3. The number of fused-ring (bicyclic) bond motifs is 1. The number of hydrogen-bond acceptors (Lipinski definition) is 3. The van der Waals surface area contributed by atoms with Crippen LogP contribution in [0.15, 0.2) is 42.9 Å². The van der Waals surface area contributed by atoms with Crippen LogP contribution < -0.4 is 0 Å². The minimum Gasteiger partial charge on any atom is -0.340 e. The highest BCUT2D eigenvalue weighted by Crippen LogP contribution is 2.26. The third-order valence-electron chi connectivity index (χ3n) is 3.47. The van der Waals surface area contributed by atoms with Crippen LogP contribution in [0, 0.1) is 17.0 Å². The van der Waals surface area contributed by atoms with Crippen molar-refractivity contribution in [2.24, 2.45) is 0 Å². The van der Waals surface area contributed by atoms with E-state index in [1.165, 1.54) is 0 Å². The van der Waals surface area contributed by atoms with E-state index in [-0.39, 0.29) is 10.6 Å². The van der Waals surface area contributed by atoms with Crippen LogP contribution in [0.5, 0.6) is 0 Å². The maximum atomic E-state index is 11.1. The maximum absolute atomic E-state index is 11.1. The summed E-state index contributed by atoms with van der Waals surface area (Å²) in [6.45, 7) is 3.35. The van der Waals surface area contributed by atoms with Gasteiger partial charge in [0.15, 0.2) is 0 Å². The monoisotopic (exact) mass is 270 g/mol. The van der Waals surface area contributed by atoms with Crippen molar-refractivity contribution in [3.63, 3.8) is 0 Å². The molecule has 3 rings (SSSR count). The van der Waals surface area contributed by atoms with Crippen molar-refractivity contribution in [2.45, 2.75) is 20.0 Å². The summed E-state index contributed by atoms with van der Waals surface area (Å²) in [7, 11) is 0. The lowest BCUT2D eigenvalue weighted by molar-refractivity contribution is -0.383. The molecule has 0 amide bonds. The van der Waals surface area contributed by atoms with Crippen LogP contribution in [0.4, 0.5) is 5.69 Å². The first kappa shape index (κ1) is 12.4. The number of nitro benzene ring substituents is 1. The second-order valence-electron chi connectivity index (χ2n) is 4.65. The number of nitrogens with zero attached hydrogens (tertiary/aromatic N) is 4. The molecular formula is C14H14N4O2. The zero-order chi connectivity index (χ0) is 14.1. The Labute approximate surface area is 115 Å². The number of imidazole rings is 1. The molecule has 20 heavy (non-hydrogen) atoms. The predicted octanol–water partition coefficient (Wildman–Crippen LogP) is 2.75. The van der Waals surface area contributed by atoms with Gasteiger partial charge in [-0.05, 0) is 13.0 Å². The summed E-state index contributed by atoms with van der Waals surface area (Å²) in [6.07, 6.45) is 5.56. The quantitative estimate of drug-likeness (QED) is 0.541. The summed E-state index contributed by atoms with van der Waals surface area (Å²) in [5.41, 5.74) is 0.824. The number of aryl methyl sites for hydroxylation is 3. The van der Waals surface area contributed by atoms with Crippen molar-refractivity contribution in [1.82, 2.24) is 14.1 Å². The van der Waals surface area contributed by atoms with E-state index in [9.17, 15) is 10.1 Å². The van der Waals surface area contributed by atoms with Crippen LogP contribution in [-0.2, 0) is 13.1 Å². The van der Waals surface area contributed by atoms with Crippen molar-refractivity contribution in [1.29, 1.82) is 0 Å². The Morgan fingerprint density at radius 1 is 1.20 bits per heavy atom. The molecular weight excluding hydrogens is 256 g/mol. The van der Waals surface area contributed by atoms with E-state index in [2.05, 4.69) is 4.98 Å². The van der Waals surface area contributed by atoms with Crippen LogP contribution in [-0.4, -0.2) is 19.0 Å². The van der Waals surface area contributed by atoms with Gasteiger partial charge in [-0.15, -0.1) is 0 Å². The van der Waals surface area contributed by atoms with Gasteiger partial charge in [0.1, 0.15) is 11.3 Å². The molecule has 0 saturated carbocycles. The van der Waals surface area contributed by atoms with E-state index in [0.29, 0.717) is 12.1 Å². The minimum atomic E-state index is -0.332. The van der Waals surface area contributed by atoms with E-state index in [4.69, 9.17) is 0 Å². The van der Waals surface area contributed by atoms with Crippen molar-refractivity contribution in [3.05, 3.63) is 58.8 Å². The summed E-state index contributed by atoms with van der Waals surface area (Å²) in [5.74, 6) is 0.941. The summed E-state index contributed by atoms with van der Waals surface area (Å²) in [5, 5.41) is 12.0. The highest BCUT2D eigenvalue weighted by molar-refractivity contribution is 5.88. The smallest absolute Gasteiger partial charge is 0.293 e. The molecule has 0 saturated heterocycles. The van der Waals surface area contributed by atoms with Crippen LogP contribution in [0.2, 0.25) is 0 Å². The molecule has 0 atom stereocenters. The molecule has 3 aromatic rings. The fraction of sp³-hybridized carbons (Fsp3) is 0.214. The molecule has 0 N–H and O–H groups in total. The Bertz CT molecular complexity index is 772. The Hall–Kier alpha value is -2.63. The fourth-order valence-electron chi connectivity index (χ4n) is 2.43. The zero-order valence-electron chi connectivity index (χ0n) is 11.1. The van der Waals surface area contributed by atoms with Gasteiger partial charge in [0, 0.05) is 43.1 Å². The van der Waals surface area contributed by atoms with Crippen LogP contribution in [0.3, 0.4) is 0 Å². The topological polar surface area (TPSA) is 65.9 Å². The van der Waals surface area contributed by atoms with Gasteiger partial charge >= 0.3 is 0 Å². The predicted molar refractivity (Wildman–Crippen MR) is 75.6 cm³/mol. The van der Waals surface area contributed by atoms with Crippen molar-refractivity contribution >= 4 is 16.6 Å². The highest BCUT2D eigenvalue weighted by atomic mass is 16.6. The molecule has 0 fully saturated rings. The van der Waals surface area contributed by atoms with E-state index in [1.54, 1.807) is 18.3 Å². The lowest BCUT2D eigenvalue weighted by atomic mass is 10.2. The Balaban J connectivity index is 1.96. The zero-order valence-corrected chi connectivity index (χ0v) is 11.1. The fourth-order valence-corrected chi connectivity index (χ4v) is 2.43. The average molecular weight is 270 g/mol. The molecule has 0 unspecified atom stereocenters. The summed E-state index contributed by atoms with van der Waals surface area (Å²) in [6, 6.07) is 7.05. The summed E-state index contributed by atoms with van der Waals surface area (Å²) >= 11 is 0. The first-order valence-electron chi connectivity index (χ1n) is 6.37. The highest BCUT2D eigenvalue weighted by Gasteiger charge is 2.15. The second kappa shape index (κ2) is 4.80. The van der Waals surface area contributed by atoms with Crippen molar-refractivity contribution < 1.29 is 4.92 Å². The number of rotatable bonds is 4. The number of para-hydroxylation sites is 1. The van der Waals surface area contributed by atoms with Gasteiger partial charge in [0.25, 0.3) is 5.69 Å². The number of non-ortho nitro benzene ring substituents is 1. The van der Waals surface area contributed by atoms with Crippen LogP contribution in [0.1, 0.15) is 5.82 Å². The van der Waals surface area contributed by atoms with Gasteiger partial charge in [0.2, 0.25) is 0 Å². The Morgan fingerprint density at radius 3 is 2.70 bits per heavy atom. The molecule has 0 radical (unpaired) electrons. The average Bonchev–Trinajstić information content (AvgIpc) is 3.02. The molecule has 0 spiro atoms. The summed E-state index contributed by atoms with van der Waals surface area (Å²) in [4.78, 5) is 15.0. The van der Waals surface area contributed by atoms with Gasteiger partial charge in [0.05, 0.1) is 4.92 Å². The number of benzene rings is 1. The molecule has 0 aliphatic carbocycles. The van der Waals surface area contributed by atoms with Crippen LogP contribution >= 0.6 is 0 Å². The standard InChI is InChI=1S/C14H14N4O2/c1-11-15-6-8-16(11)9-10-17-7-5-12-3-2-4-13(14(12)17)18(19)20/h2-8H,9-10H2,1H3. The van der Waals surface area contributed by atoms with Gasteiger partial charge < -0.3 is 9.13 Å². The third kappa shape index (κ3) is 2.05. The van der Waals surface area contributed by atoms with E-state index < -0.39 is 0 Å². The normalized spacial score (nSPS) is 11.1. The molecule has 102 valence electrons. The van der Waals surface area contributed by atoms with Gasteiger partial charge in [-0.25, -0.2) is 4.98 Å². The van der Waals surface area contributed by atoms with Gasteiger partial charge in [-0.3, -0.25) is 10.1 Å². The number of nitro groups is 1. The molecule has 0 aliphatic rings. The lowest BCUT2D eigenvalue weighted by Crippen LogP contribution is -2.07. The molecule has 1 aromatic carbocycles. The van der Waals surface area contributed by atoms with E-state index in [0.717, 1.165) is 17.8 Å². The maximum Gasteiger partial charge on any atom is 0.293 e. The lowest BCUT2D eigenvalue weighted by Gasteiger charge is -2.08. The van der Waals surface area contributed by atoms with Gasteiger partial charge in [-0.1, -0.05) is 12.1 Å². The first-order valence-corrected chi connectivity index (χ1v) is 6.37. The van der Waals surface area contributed by atoms with E-state index in [1.807, 2.05) is 40.6 Å². The van der Waals surface area contributed by atoms with Gasteiger partial charge in [-0.2, -0.15) is 0 Å². The molecule has 6 nitrogen and oxygen atoms in total. The summed E-state index contributed by atoms with van der Waals surface area (Å²) < 4.78 is 3.95. The molecule has 0 bridgehead atoms. The minimum absolute atomic E-state index is 0.148. The molecule has 2 heterocycles. The van der Waals surface area contributed by atoms with Crippen LogP contribution in [0.25, 0.3) is 10.9 Å². The van der Waals surface area contributed by atoms with Crippen molar-refractivity contribution in [3.8, 4) is 0 Å². The van der Waals surface area contributed by atoms with E-state index >= 15 is 0 Å². The molecule has 2 aromatic heterocycles. The number of hydrogen-bond donors (Lipinski definition) is 0. The second-order valence-corrected chi connectivity index (χ2v) is 4.65. The largest absolute Gasteiger partial charge is 0.340 e. The Morgan fingerprint density at radius 2 is 2.00 bits per heavy atom. The Kier molecular flexibility index (Phi) is 2.98. The van der Waals surface area contributed by atoms with Crippen molar-refractivity contribution in [2.75, 3.05) is 0 Å².